The molecule has 12 heavy (non-hydrogen) atoms. The van der Waals surface area contributed by atoms with E-state index in [1.54, 1.807) is 12.1 Å². The van der Waals surface area contributed by atoms with Gasteiger partial charge in [-0.05, 0) is 0 Å². The molecule has 1 atom stereocenters. The molecule has 66 valence electrons. The first-order chi connectivity index (χ1) is 5.84. The summed E-state index contributed by atoms with van der Waals surface area (Å²) in [6.07, 6.45) is -0.932. The number of rotatable bonds is 4. The largest absolute Gasteiger partial charge is 0.394 e. The molecule has 0 spiro atoms. The van der Waals surface area contributed by atoms with Crippen LogP contribution in [0.4, 0.5) is 0 Å². The molecule has 0 bridgehead atoms. The zero-order chi connectivity index (χ0) is 8.81. The minimum absolute atomic E-state index is 0.0795. The van der Waals surface area contributed by atoms with E-state index in [-0.39, 0.29) is 13.2 Å². The number of aliphatic hydroxyl groups is 2. The lowest BCUT2D eigenvalue weighted by molar-refractivity contribution is -0.110. The van der Waals surface area contributed by atoms with Crippen LogP contribution in [0.3, 0.4) is 0 Å². The van der Waals surface area contributed by atoms with E-state index in [1.165, 1.54) is 0 Å². The summed E-state index contributed by atoms with van der Waals surface area (Å²) >= 11 is 0. The van der Waals surface area contributed by atoms with Gasteiger partial charge >= 0.3 is 0 Å². The van der Waals surface area contributed by atoms with Gasteiger partial charge in [-0.15, -0.1) is 0 Å². The Morgan fingerprint density at radius 2 is 1.92 bits per heavy atom. The molecule has 0 aliphatic carbocycles. The van der Waals surface area contributed by atoms with Crippen LogP contribution in [0.2, 0.25) is 0 Å². The monoisotopic (exact) mass is 168 g/mol. The summed E-state index contributed by atoms with van der Waals surface area (Å²) in [4.78, 5) is 0. The summed E-state index contributed by atoms with van der Waals surface area (Å²) in [5.41, 5.74) is 0.700. The van der Waals surface area contributed by atoms with Gasteiger partial charge in [0.15, 0.2) is 6.29 Å². The van der Waals surface area contributed by atoms with E-state index in [9.17, 15) is 5.11 Å². The van der Waals surface area contributed by atoms with Crippen LogP contribution >= 0.6 is 0 Å². The maximum Gasteiger partial charge on any atom is 0.181 e. The standard InChI is InChI=1S/C9H12O3/c10-6-7-12-9(11)8-4-2-1-3-5-8/h1-5,9-11H,6-7H2. The van der Waals surface area contributed by atoms with Crippen molar-refractivity contribution in [3.63, 3.8) is 0 Å². The van der Waals surface area contributed by atoms with Crippen LogP contribution in [0.25, 0.3) is 0 Å². The van der Waals surface area contributed by atoms with Gasteiger partial charge in [-0.25, -0.2) is 0 Å². The summed E-state index contributed by atoms with van der Waals surface area (Å²) in [5.74, 6) is 0. The average Bonchev–Trinajstić information content (AvgIpc) is 2.15. The van der Waals surface area contributed by atoms with E-state index in [2.05, 4.69) is 0 Å². The molecule has 0 amide bonds. The van der Waals surface area contributed by atoms with Crippen molar-refractivity contribution in [2.45, 2.75) is 6.29 Å². The van der Waals surface area contributed by atoms with Gasteiger partial charge in [0, 0.05) is 5.56 Å². The molecule has 1 aromatic rings. The third-order valence-corrected chi connectivity index (χ3v) is 1.45. The van der Waals surface area contributed by atoms with Gasteiger partial charge in [0.1, 0.15) is 0 Å². The maximum atomic E-state index is 9.32. The van der Waals surface area contributed by atoms with Crippen LogP contribution in [0.15, 0.2) is 30.3 Å². The Hall–Kier alpha value is -0.900. The smallest absolute Gasteiger partial charge is 0.181 e. The minimum Gasteiger partial charge on any atom is -0.394 e. The number of aliphatic hydroxyl groups excluding tert-OH is 2. The highest BCUT2D eigenvalue weighted by Gasteiger charge is 2.04. The summed E-state index contributed by atoms with van der Waals surface area (Å²) in [5, 5.41) is 17.7. The summed E-state index contributed by atoms with van der Waals surface area (Å²) < 4.78 is 4.88. The second-order valence-corrected chi connectivity index (χ2v) is 2.36. The van der Waals surface area contributed by atoms with Crippen LogP contribution < -0.4 is 0 Å². The molecule has 0 aliphatic rings. The van der Waals surface area contributed by atoms with E-state index in [1.807, 2.05) is 18.2 Å². The lowest BCUT2D eigenvalue weighted by atomic mass is 10.2. The van der Waals surface area contributed by atoms with Gasteiger partial charge in [-0.2, -0.15) is 0 Å². The summed E-state index contributed by atoms with van der Waals surface area (Å²) in [7, 11) is 0. The molecule has 1 rings (SSSR count). The first kappa shape index (κ1) is 9.19. The molecule has 3 heteroatoms. The van der Waals surface area contributed by atoms with E-state index >= 15 is 0 Å². The highest BCUT2D eigenvalue weighted by molar-refractivity contribution is 5.15. The van der Waals surface area contributed by atoms with E-state index in [0.717, 1.165) is 0 Å². The molecule has 0 saturated heterocycles. The first-order valence-electron chi connectivity index (χ1n) is 3.80. The zero-order valence-corrected chi connectivity index (χ0v) is 6.68. The van der Waals surface area contributed by atoms with Crippen LogP contribution in [-0.2, 0) is 4.74 Å². The molecule has 0 saturated carbocycles. The van der Waals surface area contributed by atoms with Gasteiger partial charge in [0.05, 0.1) is 13.2 Å². The number of ether oxygens (including phenoxy) is 1. The summed E-state index contributed by atoms with van der Waals surface area (Å²) in [6.45, 7) is 0.0694. The first-order valence-corrected chi connectivity index (χ1v) is 3.80. The van der Waals surface area contributed by atoms with Crippen molar-refractivity contribution in [1.82, 2.24) is 0 Å². The highest BCUT2D eigenvalue weighted by atomic mass is 16.6. The van der Waals surface area contributed by atoms with E-state index in [4.69, 9.17) is 9.84 Å². The third-order valence-electron chi connectivity index (χ3n) is 1.45. The second-order valence-electron chi connectivity index (χ2n) is 2.36. The Morgan fingerprint density at radius 3 is 2.50 bits per heavy atom. The van der Waals surface area contributed by atoms with Crippen LogP contribution in [0, 0.1) is 0 Å². The van der Waals surface area contributed by atoms with Crippen LogP contribution in [0.1, 0.15) is 11.9 Å². The van der Waals surface area contributed by atoms with Crippen LogP contribution in [-0.4, -0.2) is 23.4 Å². The zero-order valence-electron chi connectivity index (χ0n) is 6.68. The molecule has 0 radical (unpaired) electrons. The molecule has 2 N–H and O–H groups in total. The SMILES string of the molecule is OCCOC(O)c1ccccc1. The Kier molecular flexibility index (Phi) is 3.73. The fraction of sp³-hybridized carbons (Fsp3) is 0.333. The van der Waals surface area contributed by atoms with Crippen molar-refractivity contribution < 1.29 is 14.9 Å². The van der Waals surface area contributed by atoms with Crippen molar-refractivity contribution in [3.8, 4) is 0 Å². The van der Waals surface area contributed by atoms with Crippen molar-refractivity contribution in [1.29, 1.82) is 0 Å². The van der Waals surface area contributed by atoms with Gasteiger partial charge in [-0.3, -0.25) is 0 Å². The van der Waals surface area contributed by atoms with Gasteiger partial charge in [0.2, 0.25) is 0 Å². The Bertz CT molecular complexity index is 210. The lowest BCUT2D eigenvalue weighted by Gasteiger charge is -2.10. The summed E-state index contributed by atoms with van der Waals surface area (Å²) in [6, 6.07) is 9.04. The Labute approximate surface area is 71.2 Å². The molecule has 0 fully saturated rings. The van der Waals surface area contributed by atoms with E-state index in [0.29, 0.717) is 5.56 Å². The average molecular weight is 168 g/mol. The predicted molar refractivity (Wildman–Crippen MR) is 44.4 cm³/mol. The van der Waals surface area contributed by atoms with Crippen molar-refractivity contribution >= 4 is 0 Å². The van der Waals surface area contributed by atoms with Gasteiger partial charge in [0.25, 0.3) is 0 Å². The Balaban J connectivity index is 2.48. The van der Waals surface area contributed by atoms with Crippen molar-refractivity contribution in [2.24, 2.45) is 0 Å². The fourth-order valence-corrected chi connectivity index (χ4v) is 0.878. The number of hydrogen-bond acceptors (Lipinski definition) is 3. The predicted octanol–water partition coefficient (Wildman–Crippen LogP) is 0.686. The third kappa shape index (κ3) is 2.62. The van der Waals surface area contributed by atoms with Gasteiger partial charge in [-0.1, -0.05) is 30.3 Å². The quantitative estimate of drug-likeness (QED) is 0.650. The molecule has 0 aromatic heterocycles. The molecule has 1 unspecified atom stereocenters. The van der Waals surface area contributed by atoms with Crippen molar-refractivity contribution in [2.75, 3.05) is 13.2 Å². The topological polar surface area (TPSA) is 49.7 Å². The molecule has 1 aromatic carbocycles. The normalized spacial score (nSPS) is 12.8. The van der Waals surface area contributed by atoms with E-state index < -0.39 is 6.29 Å². The van der Waals surface area contributed by atoms with Gasteiger partial charge < -0.3 is 14.9 Å². The van der Waals surface area contributed by atoms with Crippen LogP contribution in [0.5, 0.6) is 0 Å². The van der Waals surface area contributed by atoms with Crippen molar-refractivity contribution in [3.05, 3.63) is 35.9 Å². The molecule has 0 heterocycles. The molecular weight excluding hydrogens is 156 g/mol. The molecule has 0 aliphatic heterocycles. The lowest BCUT2D eigenvalue weighted by Crippen LogP contribution is -2.06. The highest BCUT2D eigenvalue weighted by Crippen LogP contribution is 2.12. The number of benzene rings is 1. The maximum absolute atomic E-state index is 9.32. The second kappa shape index (κ2) is 4.87. The minimum atomic E-state index is -0.932. The Morgan fingerprint density at radius 1 is 1.25 bits per heavy atom. The molecule has 3 nitrogen and oxygen atoms in total. The fourth-order valence-electron chi connectivity index (χ4n) is 0.878. The molecular formula is C9H12O3. The number of hydrogen-bond donors (Lipinski definition) is 2.